The Bertz CT molecular complexity index is 1490. The van der Waals surface area contributed by atoms with Crippen LogP contribution in [0.3, 0.4) is 0 Å². The van der Waals surface area contributed by atoms with Crippen molar-refractivity contribution in [2.75, 3.05) is 0 Å². The normalized spacial score (nSPS) is 20.2. The Labute approximate surface area is 259 Å². The van der Waals surface area contributed by atoms with Gasteiger partial charge in [-0.3, -0.25) is 19.2 Å². The molecule has 0 radical (unpaired) electrons. The largest absolute Gasteiger partial charge is 0.481 e. The highest BCUT2D eigenvalue weighted by Gasteiger charge is 2.34. The van der Waals surface area contributed by atoms with E-state index in [1.165, 1.54) is 0 Å². The van der Waals surface area contributed by atoms with E-state index in [0.29, 0.717) is 37.7 Å². The Kier molecular flexibility index (Phi) is 11.6. The number of rotatable bonds is 15. The summed E-state index contributed by atoms with van der Waals surface area (Å²) in [5.41, 5.74) is 10.3. The van der Waals surface area contributed by atoms with Crippen LogP contribution >= 0.6 is 0 Å². The van der Waals surface area contributed by atoms with Crippen LogP contribution in [0.15, 0.2) is 51.0 Å². The van der Waals surface area contributed by atoms with Crippen molar-refractivity contribution in [2.24, 2.45) is 5.92 Å². The molecule has 0 fully saturated rings. The number of carbonyl (C=O) groups excluding carboxylic acids is 2. The van der Waals surface area contributed by atoms with Gasteiger partial charge in [-0.2, -0.15) is 0 Å². The third-order valence-corrected chi connectivity index (χ3v) is 8.80. The summed E-state index contributed by atoms with van der Waals surface area (Å²) in [6, 6.07) is -0.175. The summed E-state index contributed by atoms with van der Waals surface area (Å²) in [7, 11) is 0. The van der Waals surface area contributed by atoms with Gasteiger partial charge in [-0.25, -0.2) is 0 Å². The maximum Gasteiger partial charge on any atom is 0.303 e. The van der Waals surface area contributed by atoms with Crippen LogP contribution in [0, 0.1) is 12.8 Å². The SMILES string of the molecule is CC/C=C(C)/C(NC=O)=C(/C)C1NC(Cc2[nH]c(C=C3NC(=O)C(C)=C3CC)c(C)c2CCC(=O)O)=C(CCC(=O)O)C1C. The van der Waals surface area contributed by atoms with Gasteiger partial charge in [0.15, 0.2) is 0 Å². The zero-order valence-corrected chi connectivity index (χ0v) is 26.9. The zero-order chi connectivity index (χ0) is 32.7. The van der Waals surface area contributed by atoms with E-state index >= 15 is 0 Å². The number of hydrogen-bond acceptors (Lipinski definition) is 5. The van der Waals surface area contributed by atoms with E-state index in [2.05, 4.69) is 33.9 Å². The molecule has 2 amide bonds. The second-order valence-corrected chi connectivity index (χ2v) is 11.6. The number of H-pyrrole nitrogens is 1. The van der Waals surface area contributed by atoms with Crippen LogP contribution in [0.25, 0.3) is 6.08 Å². The van der Waals surface area contributed by atoms with Gasteiger partial charge in [0.1, 0.15) is 0 Å². The van der Waals surface area contributed by atoms with Crippen molar-refractivity contribution >= 4 is 30.3 Å². The predicted octanol–water partition coefficient (Wildman–Crippen LogP) is 5.18. The fourth-order valence-corrected chi connectivity index (χ4v) is 6.43. The van der Waals surface area contributed by atoms with Gasteiger partial charge in [0.25, 0.3) is 5.91 Å². The van der Waals surface area contributed by atoms with Crippen LogP contribution in [0.4, 0.5) is 0 Å². The van der Waals surface area contributed by atoms with Crippen LogP contribution in [0.2, 0.25) is 0 Å². The number of amides is 2. The fourth-order valence-electron chi connectivity index (χ4n) is 6.43. The molecule has 6 N–H and O–H groups in total. The molecule has 2 aliphatic rings. The maximum atomic E-state index is 12.4. The number of carbonyl (C=O) groups is 4. The van der Waals surface area contributed by atoms with E-state index in [0.717, 1.165) is 68.3 Å². The second-order valence-electron chi connectivity index (χ2n) is 11.6. The highest BCUT2D eigenvalue weighted by Crippen LogP contribution is 2.37. The van der Waals surface area contributed by atoms with Gasteiger partial charge in [-0.1, -0.05) is 26.8 Å². The van der Waals surface area contributed by atoms with Crippen LogP contribution in [0.1, 0.15) is 96.2 Å². The average molecular weight is 607 g/mol. The molecule has 0 bridgehead atoms. The Morgan fingerprint density at radius 2 is 1.70 bits per heavy atom. The van der Waals surface area contributed by atoms with Gasteiger partial charge >= 0.3 is 11.9 Å². The number of aliphatic carboxylic acids is 2. The molecule has 238 valence electrons. The smallest absolute Gasteiger partial charge is 0.303 e. The van der Waals surface area contributed by atoms with Crippen molar-refractivity contribution in [3.63, 3.8) is 0 Å². The summed E-state index contributed by atoms with van der Waals surface area (Å²) in [5, 5.41) is 28.5. The van der Waals surface area contributed by atoms with Gasteiger partial charge in [0.05, 0.1) is 6.04 Å². The number of nitrogens with one attached hydrogen (secondary N) is 4. The molecule has 0 aliphatic carbocycles. The van der Waals surface area contributed by atoms with Gasteiger partial charge in [0, 0.05) is 59.2 Å². The molecule has 1 aromatic heterocycles. The van der Waals surface area contributed by atoms with Crippen molar-refractivity contribution < 1.29 is 29.4 Å². The molecule has 10 heteroatoms. The minimum Gasteiger partial charge on any atom is -0.481 e. The molecule has 2 atom stereocenters. The van der Waals surface area contributed by atoms with E-state index in [1.807, 2.05) is 40.7 Å². The second kappa shape index (κ2) is 14.9. The molecule has 3 heterocycles. The number of hydrogen-bond donors (Lipinski definition) is 6. The Morgan fingerprint density at radius 3 is 2.30 bits per heavy atom. The first-order chi connectivity index (χ1) is 20.8. The summed E-state index contributed by atoms with van der Waals surface area (Å²) in [4.78, 5) is 50.6. The molecule has 3 rings (SSSR count). The van der Waals surface area contributed by atoms with E-state index < -0.39 is 11.9 Å². The maximum absolute atomic E-state index is 12.4. The predicted molar refractivity (Wildman–Crippen MR) is 170 cm³/mol. The molecule has 0 spiro atoms. The van der Waals surface area contributed by atoms with Gasteiger partial charge in [-0.05, 0) is 92.9 Å². The Hall–Kier alpha value is -4.34. The van der Waals surface area contributed by atoms with Gasteiger partial charge in [0.2, 0.25) is 6.41 Å². The first-order valence-electron chi connectivity index (χ1n) is 15.3. The van der Waals surface area contributed by atoms with Crippen molar-refractivity contribution in [2.45, 2.75) is 99.5 Å². The number of carboxylic acids is 2. The fraction of sp³-hybridized carbons (Fsp3) is 0.471. The Morgan fingerprint density at radius 1 is 1.05 bits per heavy atom. The minimum atomic E-state index is -0.896. The Balaban J connectivity index is 2.10. The van der Waals surface area contributed by atoms with Crippen LogP contribution < -0.4 is 16.0 Å². The standard InChI is InChI=1S/C34H46N4O6/c1-8-10-18(3)32(35-17-39)22(7)33-20(5)25(12-14-31(42)43)29(37-33)16-28-24(11-13-30(40)41)19(4)26(36-28)15-27-23(9-2)21(6)34(44)38-27/h10,15,17,20,33,36-37H,8-9,11-14,16H2,1-7H3,(H,35,39)(H,38,44)(H,40,41)(H,42,43)/b18-10+,27-15?,32-22+. The van der Waals surface area contributed by atoms with E-state index in [1.54, 1.807) is 6.92 Å². The highest BCUT2D eigenvalue weighted by atomic mass is 16.4. The van der Waals surface area contributed by atoms with Gasteiger partial charge < -0.3 is 31.1 Å². The molecule has 44 heavy (non-hydrogen) atoms. The number of allylic oxidation sites excluding steroid dienone is 4. The lowest BCUT2D eigenvalue weighted by molar-refractivity contribution is -0.138. The quantitative estimate of drug-likeness (QED) is 0.118. The average Bonchev–Trinajstić information content (AvgIpc) is 3.53. The van der Waals surface area contributed by atoms with Crippen LogP contribution in [-0.2, 0) is 32.0 Å². The van der Waals surface area contributed by atoms with E-state index in [4.69, 9.17) is 0 Å². The lowest BCUT2D eigenvalue weighted by Gasteiger charge is -2.23. The topological polar surface area (TPSA) is 161 Å². The summed E-state index contributed by atoms with van der Waals surface area (Å²) < 4.78 is 0. The molecule has 2 unspecified atom stereocenters. The zero-order valence-electron chi connectivity index (χ0n) is 26.9. The number of aromatic amines is 1. The number of aromatic nitrogens is 1. The summed E-state index contributed by atoms with van der Waals surface area (Å²) in [5.74, 6) is -1.95. The summed E-state index contributed by atoms with van der Waals surface area (Å²) >= 11 is 0. The third-order valence-electron chi connectivity index (χ3n) is 8.80. The molecule has 1 aromatic rings. The molecule has 10 nitrogen and oxygen atoms in total. The van der Waals surface area contributed by atoms with Crippen molar-refractivity contribution in [1.29, 1.82) is 0 Å². The number of carboxylic acid groups (broad SMARTS) is 2. The highest BCUT2D eigenvalue weighted by molar-refractivity contribution is 6.00. The molecular formula is C34H46N4O6. The minimum absolute atomic E-state index is 0.0211. The van der Waals surface area contributed by atoms with Gasteiger partial charge in [-0.15, -0.1) is 0 Å². The molecule has 0 aromatic carbocycles. The monoisotopic (exact) mass is 606 g/mol. The lowest BCUT2D eigenvalue weighted by Crippen LogP contribution is -2.32. The lowest BCUT2D eigenvalue weighted by atomic mass is 9.87. The third kappa shape index (κ3) is 7.59. The molecular weight excluding hydrogens is 560 g/mol. The molecule has 0 saturated carbocycles. The van der Waals surface area contributed by atoms with Crippen molar-refractivity contribution in [1.82, 2.24) is 20.9 Å². The van der Waals surface area contributed by atoms with Crippen LogP contribution in [-0.4, -0.2) is 45.5 Å². The van der Waals surface area contributed by atoms with E-state index in [9.17, 15) is 29.4 Å². The van der Waals surface area contributed by atoms with E-state index in [-0.39, 0.29) is 30.7 Å². The van der Waals surface area contributed by atoms with Crippen molar-refractivity contribution in [3.05, 3.63) is 73.5 Å². The molecule has 0 saturated heterocycles. The first kappa shape index (κ1) is 34.2. The molecule has 2 aliphatic heterocycles. The summed E-state index contributed by atoms with van der Waals surface area (Å²) in [6.07, 6.45) is 7.18. The van der Waals surface area contributed by atoms with Crippen molar-refractivity contribution in [3.8, 4) is 0 Å². The van der Waals surface area contributed by atoms with Crippen LogP contribution in [0.5, 0.6) is 0 Å². The first-order valence-corrected chi connectivity index (χ1v) is 15.3. The summed E-state index contributed by atoms with van der Waals surface area (Å²) in [6.45, 7) is 13.8.